The maximum Gasteiger partial charge on any atom is 0.228 e. The Kier molecular flexibility index (Phi) is 5.46. The minimum atomic E-state index is 0.0688. The first-order chi connectivity index (χ1) is 14.1. The van der Waals surface area contributed by atoms with Crippen LogP contribution in [0.15, 0.2) is 53.1 Å². The first-order valence-electron chi connectivity index (χ1n) is 9.68. The molecule has 29 heavy (non-hydrogen) atoms. The zero-order chi connectivity index (χ0) is 20.2. The summed E-state index contributed by atoms with van der Waals surface area (Å²) in [5, 5.41) is 0. The predicted octanol–water partition coefficient (Wildman–Crippen LogP) is 2.94. The van der Waals surface area contributed by atoms with Gasteiger partial charge in [0.25, 0.3) is 0 Å². The molecule has 4 rings (SSSR count). The minimum absolute atomic E-state index is 0.0688. The highest BCUT2D eigenvalue weighted by Gasteiger charge is 2.24. The van der Waals surface area contributed by atoms with E-state index in [1.165, 1.54) is 0 Å². The highest BCUT2D eigenvalue weighted by Crippen LogP contribution is 2.25. The Labute approximate surface area is 169 Å². The van der Waals surface area contributed by atoms with Gasteiger partial charge in [0.2, 0.25) is 11.8 Å². The van der Waals surface area contributed by atoms with Crippen molar-refractivity contribution in [3.63, 3.8) is 0 Å². The number of carbonyl (C=O) groups excluding carboxylic acids is 1. The first kappa shape index (κ1) is 19.0. The molecule has 1 amide bonds. The fourth-order valence-electron chi connectivity index (χ4n) is 3.45. The van der Waals surface area contributed by atoms with Crippen LogP contribution in [0.1, 0.15) is 11.5 Å². The van der Waals surface area contributed by atoms with Crippen molar-refractivity contribution in [2.24, 2.45) is 0 Å². The monoisotopic (exact) mass is 392 g/mol. The molecule has 2 aromatic heterocycles. The number of pyridine rings is 1. The second-order valence-corrected chi connectivity index (χ2v) is 6.99. The molecule has 1 aliphatic heterocycles. The number of hydrogen-bond acceptors (Lipinski definition) is 6. The number of aromatic nitrogens is 2. The van der Waals surface area contributed by atoms with Crippen molar-refractivity contribution in [3.05, 3.63) is 60.1 Å². The maximum absolute atomic E-state index is 12.8. The molecule has 0 atom stereocenters. The quantitative estimate of drug-likeness (QED) is 0.665. The van der Waals surface area contributed by atoms with Crippen molar-refractivity contribution in [1.82, 2.24) is 14.9 Å². The molecule has 7 nitrogen and oxygen atoms in total. The van der Waals surface area contributed by atoms with Gasteiger partial charge in [0.15, 0.2) is 0 Å². The lowest BCUT2D eigenvalue weighted by Crippen LogP contribution is -2.49. The van der Waals surface area contributed by atoms with E-state index in [-0.39, 0.29) is 12.3 Å². The molecule has 1 saturated heterocycles. The summed E-state index contributed by atoms with van der Waals surface area (Å²) in [6, 6.07) is 13.4. The van der Waals surface area contributed by atoms with Gasteiger partial charge in [-0.3, -0.25) is 4.79 Å². The number of nitrogens with zero attached hydrogens (tertiary/aromatic N) is 4. The molecule has 1 fully saturated rings. The van der Waals surface area contributed by atoms with Crippen LogP contribution >= 0.6 is 0 Å². The Bertz CT molecular complexity index is 979. The second-order valence-electron chi connectivity index (χ2n) is 6.99. The Balaban J connectivity index is 1.39. The molecular formula is C22H24N4O3. The Morgan fingerprint density at radius 3 is 2.69 bits per heavy atom. The number of piperazine rings is 1. The third-order valence-corrected chi connectivity index (χ3v) is 5.13. The molecule has 7 heteroatoms. The van der Waals surface area contributed by atoms with E-state index in [2.05, 4.69) is 14.9 Å². The largest absolute Gasteiger partial charge is 0.497 e. The lowest BCUT2D eigenvalue weighted by Gasteiger charge is -2.35. The first-order valence-corrected chi connectivity index (χ1v) is 9.68. The average Bonchev–Trinajstić information content (AvgIpc) is 3.14. The summed E-state index contributed by atoms with van der Waals surface area (Å²) < 4.78 is 11.1. The number of carbonyl (C=O) groups is 1. The van der Waals surface area contributed by atoms with Crippen molar-refractivity contribution in [3.8, 4) is 17.2 Å². The average molecular weight is 392 g/mol. The Morgan fingerprint density at radius 1 is 1.14 bits per heavy atom. The van der Waals surface area contributed by atoms with E-state index in [1.807, 2.05) is 54.3 Å². The molecule has 150 valence electrons. The standard InChI is InChI=1S/C22H24N4O3/c1-16-19(24-22(29-16)17-6-5-7-18(14-17)28-2)15-21(27)26-12-10-25(11-13-26)20-8-3-4-9-23-20/h3-9,14H,10-13,15H2,1-2H3. The summed E-state index contributed by atoms with van der Waals surface area (Å²) in [6.07, 6.45) is 2.03. The predicted molar refractivity (Wildman–Crippen MR) is 110 cm³/mol. The van der Waals surface area contributed by atoms with Crippen LogP contribution in [0.3, 0.4) is 0 Å². The van der Waals surface area contributed by atoms with Crippen molar-refractivity contribution in [1.29, 1.82) is 0 Å². The van der Waals surface area contributed by atoms with E-state index >= 15 is 0 Å². The van der Waals surface area contributed by atoms with Crippen molar-refractivity contribution < 1.29 is 13.9 Å². The molecule has 0 saturated carbocycles. The molecule has 0 radical (unpaired) electrons. The highest BCUT2D eigenvalue weighted by molar-refractivity contribution is 5.79. The molecule has 0 spiro atoms. The van der Waals surface area contributed by atoms with Gasteiger partial charge in [0.1, 0.15) is 17.3 Å². The van der Waals surface area contributed by atoms with Crippen LogP contribution in [0.4, 0.5) is 5.82 Å². The van der Waals surface area contributed by atoms with Gasteiger partial charge >= 0.3 is 0 Å². The van der Waals surface area contributed by atoms with E-state index in [0.29, 0.717) is 30.4 Å². The zero-order valence-corrected chi connectivity index (χ0v) is 16.7. The molecule has 0 N–H and O–H groups in total. The molecule has 0 bridgehead atoms. The van der Waals surface area contributed by atoms with E-state index < -0.39 is 0 Å². The minimum Gasteiger partial charge on any atom is -0.497 e. The summed E-state index contributed by atoms with van der Waals surface area (Å²) in [5.74, 6) is 2.93. The van der Waals surface area contributed by atoms with Crippen LogP contribution in [0.5, 0.6) is 5.75 Å². The van der Waals surface area contributed by atoms with Gasteiger partial charge in [-0.1, -0.05) is 12.1 Å². The van der Waals surface area contributed by atoms with Crippen molar-refractivity contribution in [2.75, 3.05) is 38.2 Å². The molecule has 0 aliphatic carbocycles. The van der Waals surface area contributed by atoms with Gasteiger partial charge in [-0.2, -0.15) is 0 Å². The van der Waals surface area contributed by atoms with Gasteiger partial charge in [0.05, 0.1) is 19.2 Å². The lowest BCUT2D eigenvalue weighted by molar-refractivity contribution is -0.130. The van der Waals surface area contributed by atoms with Crippen LogP contribution < -0.4 is 9.64 Å². The SMILES string of the molecule is COc1cccc(-c2nc(CC(=O)N3CCN(c4ccccn4)CC3)c(C)o2)c1. The molecule has 3 heterocycles. The van der Waals surface area contributed by atoms with Gasteiger partial charge < -0.3 is 19.0 Å². The number of methoxy groups -OCH3 is 1. The summed E-state index contributed by atoms with van der Waals surface area (Å²) in [4.78, 5) is 25.8. The molecular weight excluding hydrogens is 368 g/mol. The number of anilines is 1. The van der Waals surface area contributed by atoms with E-state index in [9.17, 15) is 4.79 Å². The fraction of sp³-hybridized carbons (Fsp3) is 0.318. The number of aryl methyl sites for hydroxylation is 1. The Morgan fingerprint density at radius 2 is 1.97 bits per heavy atom. The molecule has 1 aromatic carbocycles. The highest BCUT2D eigenvalue weighted by atomic mass is 16.5. The maximum atomic E-state index is 12.8. The Hall–Kier alpha value is -3.35. The lowest BCUT2D eigenvalue weighted by atomic mass is 10.2. The van der Waals surface area contributed by atoms with Crippen LogP contribution in [-0.4, -0.2) is 54.1 Å². The van der Waals surface area contributed by atoms with Gasteiger partial charge in [-0.25, -0.2) is 9.97 Å². The van der Waals surface area contributed by atoms with E-state index in [1.54, 1.807) is 13.3 Å². The number of benzene rings is 1. The topological polar surface area (TPSA) is 71.7 Å². The summed E-state index contributed by atoms with van der Waals surface area (Å²) in [5.41, 5.74) is 1.51. The van der Waals surface area contributed by atoms with Crippen LogP contribution in [0.2, 0.25) is 0 Å². The smallest absolute Gasteiger partial charge is 0.228 e. The zero-order valence-electron chi connectivity index (χ0n) is 16.7. The van der Waals surface area contributed by atoms with Gasteiger partial charge in [-0.05, 0) is 37.3 Å². The van der Waals surface area contributed by atoms with E-state index in [4.69, 9.17) is 9.15 Å². The summed E-state index contributed by atoms with van der Waals surface area (Å²) >= 11 is 0. The number of hydrogen-bond donors (Lipinski definition) is 0. The van der Waals surface area contributed by atoms with E-state index in [0.717, 1.165) is 30.2 Å². The molecule has 3 aromatic rings. The van der Waals surface area contributed by atoms with Gasteiger partial charge in [-0.15, -0.1) is 0 Å². The number of rotatable bonds is 5. The van der Waals surface area contributed by atoms with Crippen LogP contribution in [0.25, 0.3) is 11.5 Å². The molecule has 1 aliphatic rings. The third-order valence-electron chi connectivity index (χ3n) is 5.13. The second kappa shape index (κ2) is 8.34. The van der Waals surface area contributed by atoms with Crippen molar-refractivity contribution >= 4 is 11.7 Å². The van der Waals surface area contributed by atoms with Crippen LogP contribution in [-0.2, 0) is 11.2 Å². The molecule has 0 unspecified atom stereocenters. The third kappa shape index (κ3) is 4.23. The van der Waals surface area contributed by atoms with Gasteiger partial charge in [0, 0.05) is 37.9 Å². The van der Waals surface area contributed by atoms with Crippen molar-refractivity contribution in [2.45, 2.75) is 13.3 Å². The normalized spacial score (nSPS) is 14.1. The summed E-state index contributed by atoms with van der Waals surface area (Å²) in [7, 11) is 1.62. The number of amides is 1. The fourth-order valence-corrected chi connectivity index (χ4v) is 3.45. The summed E-state index contributed by atoms with van der Waals surface area (Å²) in [6.45, 7) is 4.74. The van der Waals surface area contributed by atoms with Crippen LogP contribution in [0, 0.1) is 6.92 Å². The number of oxazole rings is 1. The number of ether oxygens (including phenoxy) is 1.